The van der Waals surface area contributed by atoms with Gasteiger partial charge < -0.3 is 10.1 Å². The normalized spacial score (nSPS) is 11.3. The Bertz CT molecular complexity index is 1050. The van der Waals surface area contributed by atoms with Gasteiger partial charge in [0.25, 0.3) is 0 Å². The zero-order chi connectivity index (χ0) is 20.7. The molecular weight excluding hydrogens is 392 g/mol. The summed E-state index contributed by atoms with van der Waals surface area (Å²) >= 11 is 0. The molecule has 2 aromatic carbocycles. The van der Waals surface area contributed by atoms with Crippen molar-refractivity contribution in [2.45, 2.75) is 11.3 Å². The highest BCUT2D eigenvalue weighted by molar-refractivity contribution is 7.89. The first-order valence-corrected chi connectivity index (χ1v) is 10.4. The first kappa shape index (κ1) is 20.7. The van der Waals surface area contributed by atoms with Crippen LogP contribution in [-0.2, 0) is 26.0 Å². The Kier molecular flexibility index (Phi) is 6.76. The molecule has 1 amide bonds. The number of rotatable bonds is 9. The molecule has 0 aliphatic rings. The van der Waals surface area contributed by atoms with E-state index in [0.717, 1.165) is 11.3 Å². The smallest absolute Gasteiger partial charge is 0.240 e. The molecule has 1 aromatic heterocycles. The molecule has 1 heterocycles. The number of benzene rings is 2. The number of carbonyl (C=O) groups is 1. The van der Waals surface area contributed by atoms with E-state index in [0.29, 0.717) is 5.69 Å². The summed E-state index contributed by atoms with van der Waals surface area (Å²) in [5, 5.41) is 7.03. The number of hydrogen-bond acceptors (Lipinski definition) is 5. The van der Waals surface area contributed by atoms with Crippen LogP contribution >= 0.6 is 0 Å². The Morgan fingerprint density at radius 1 is 1.10 bits per heavy atom. The summed E-state index contributed by atoms with van der Waals surface area (Å²) in [6, 6.07) is 15.6. The number of nitrogens with zero attached hydrogens (tertiary/aromatic N) is 2. The lowest BCUT2D eigenvalue weighted by atomic mass is 10.2. The number of ether oxygens (including phenoxy) is 1. The van der Waals surface area contributed by atoms with Crippen LogP contribution in [-0.4, -0.2) is 44.4 Å². The fourth-order valence-electron chi connectivity index (χ4n) is 2.64. The van der Waals surface area contributed by atoms with Crippen LogP contribution in [0.4, 0.5) is 5.69 Å². The van der Waals surface area contributed by atoms with Crippen molar-refractivity contribution >= 4 is 21.6 Å². The van der Waals surface area contributed by atoms with Crippen molar-refractivity contribution < 1.29 is 17.9 Å². The van der Waals surface area contributed by atoms with Crippen molar-refractivity contribution in [3.05, 3.63) is 72.6 Å². The summed E-state index contributed by atoms with van der Waals surface area (Å²) in [5.41, 5.74) is 2.20. The number of amides is 1. The average Bonchev–Trinajstić information content (AvgIpc) is 3.17. The Morgan fingerprint density at radius 2 is 1.83 bits per heavy atom. The maximum Gasteiger partial charge on any atom is 0.240 e. The molecule has 0 atom stereocenters. The Labute approximate surface area is 169 Å². The SMILES string of the molecule is COCCNS(=O)(=O)c1ccc(NC(=O)Cc2cnn(-c3ccccc3)c2)cc1. The van der Waals surface area contributed by atoms with Crippen LogP contribution < -0.4 is 10.0 Å². The predicted molar refractivity (Wildman–Crippen MR) is 109 cm³/mol. The molecule has 0 spiro atoms. The van der Waals surface area contributed by atoms with Crippen LogP contribution in [0.5, 0.6) is 0 Å². The summed E-state index contributed by atoms with van der Waals surface area (Å²) in [7, 11) is -2.11. The van der Waals surface area contributed by atoms with Crippen LogP contribution in [0.1, 0.15) is 5.56 Å². The minimum Gasteiger partial charge on any atom is -0.383 e. The quantitative estimate of drug-likeness (QED) is 0.521. The van der Waals surface area contributed by atoms with Gasteiger partial charge in [-0.3, -0.25) is 4.79 Å². The largest absolute Gasteiger partial charge is 0.383 e. The zero-order valence-electron chi connectivity index (χ0n) is 15.9. The summed E-state index contributed by atoms with van der Waals surface area (Å²) in [6.07, 6.45) is 3.61. The Morgan fingerprint density at radius 3 is 2.52 bits per heavy atom. The van der Waals surface area contributed by atoms with E-state index in [1.54, 1.807) is 29.2 Å². The molecule has 9 heteroatoms. The summed E-state index contributed by atoms with van der Waals surface area (Å²) in [6.45, 7) is 0.474. The van der Waals surface area contributed by atoms with E-state index in [4.69, 9.17) is 4.74 Å². The van der Waals surface area contributed by atoms with Crippen LogP contribution in [0, 0.1) is 0 Å². The number of sulfonamides is 1. The molecule has 0 aliphatic carbocycles. The van der Waals surface area contributed by atoms with Crippen molar-refractivity contribution in [1.29, 1.82) is 0 Å². The van der Waals surface area contributed by atoms with Gasteiger partial charge in [-0.15, -0.1) is 0 Å². The van der Waals surface area contributed by atoms with Gasteiger partial charge in [0, 0.05) is 25.5 Å². The summed E-state index contributed by atoms with van der Waals surface area (Å²) < 4.78 is 33.2. The van der Waals surface area contributed by atoms with E-state index in [-0.39, 0.29) is 30.4 Å². The zero-order valence-corrected chi connectivity index (χ0v) is 16.7. The Hall–Kier alpha value is -3.01. The number of para-hydroxylation sites is 1. The fourth-order valence-corrected chi connectivity index (χ4v) is 3.66. The highest BCUT2D eigenvalue weighted by atomic mass is 32.2. The number of aromatic nitrogens is 2. The second-order valence-corrected chi connectivity index (χ2v) is 8.04. The van der Waals surface area contributed by atoms with Crippen LogP contribution in [0.3, 0.4) is 0 Å². The molecular formula is C20H22N4O4S. The third-order valence-corrected chi connectivity index (χ3v) is 5.55. The van der Waals surface area contributed by atoms with E-state index in [1.165, 1.54) is 19.2 Å². The van der Waals surface area contributed by atoms with Crippen molar-refractivity contribution in [2.75, 3.05) is 25.6 Å². The molecule has 0 saturated heterocycles. The minimum atomic E-state index is -3.60. The number of hydrogen-bond donors (Lipinski definition) is 2. The molecule has 3 aromatic rings. The van der Waals surface area contributed by atoms with E-state index in [2.05, 4.69) is 15.1 Å². The van der Waals surface area contributed by atoms with E-state index >= 15 is 0 Å². The lowest BCUT2D eigenvalue weighted by Crippen LogP contribution is -2.27. The third kappa shape index (κ3) is 5.74. The molecule has 0 saturated carbocycles. The van der Waals surface area contributed by atoms with Crippen LogP contribution in [0.2, 0.25) is 0 Å². The van der Waals surface area contributed by atoms with Gasteiger partial charge in [-0.25, -0.2) is 17.8 Å². The molecule has 3 rings (SSSR count). The van der Waals surface area contributed by atoms with E-state index < -0.39 is 10.0 Å². The standard InChI is InChI=1S/C20H22N4O4S/c1-28-12-11-22-29(26,27)19-9-7-17(8-10-19)23-20(25)13-16-14-21-24(15-16)18-5-3-2-4-6-18/h2-10,14-15,22H,11-13H2,1H3,(H,23,25). The third-order valence-electron chi connectivity index (χ3n) is 4.07. The molecule has 0 fully saturated rings. The van der Waals surface area contributed by atoms with Gasteiger partial charge in [0.05, 0.1) is 29.8 Å². The lowest BCUT2D eigenvalue weighted by molar-refractivity contribution is -0.115. The highest BCUT2D eigenvalue weighted by Crippen LogP contribution is 2.15. The molecule has 152 valence electrons. The number of anilines is 1. The predicted octanol–water partition coefficient (Wildman–Crippen LogP) is 1.98. The van der Waals surface area contributed by atoms with Crippen LogP contribution in [0.15, 0.2) is 71.9 Å². The topological polar surface area (TPSA) is 102 Å². The van der Waals surface area contributed by atoms with Gasteiger partial charge >= 0.3 is 0 Å². The van der Waals surface area contributed by atoms with Crippen LogP contribution in [0.25, 0.3) is 5.69 Å². The Balaban J connectivity index is 1.58. The number of nitrogens with one attached hydrogen (secondary N) is 2. The number of methoxy groups -OCH3 is 1. The van der Waals surface area contributed by atoms with Gasteiger partial charge in [0.1, 0.15) is 0 Å². The van der Waals surface area contributed by atoms with Gasteiger partial charge in [-0.1, -0.05) is 18.2 Å². The molecule has 8 nitrogen and oxygen atoms in total. The molecule has 0 bridgehead atoms. The van der Waals surface area contributed by atoms with Crippen molar-refractivity contribution in [1.82, 2.24) is 14.5 Å². The average molecular weight is 414 g/mol. The first-order chi connectivity index (χ1) is 14.0. The van der Waals surface area contributed by atoms with Crippen molar-refractivity contribution in [3.8, 4) is 5.69 Å². The highest BCUT2D eigenvalue weighted by Gasteiger charge is 2.13. The van der Waals surface area contributed by atoms with E-state index in [9.17, 15) is 13.2 Å². The molecule has 0 aliphatic heterocycles. The van der Waals surface area contributed by atoms with Crippen molar-refractivity contribution in [3.63, 3.8) is 0 Å². The lowest BCUT2D eigenvalue weighted by Gasteiger charge is -2.08. The number of carbonyl (C=O) groups excluding carboxylic acids is 1. The molecule has 0 radical (unpaired) electrons. The fraction of sp³-hybridized carbons (Fsp3) is 0.200. The maximum absolute atomic E-state index is 12.3. The second-order valence-electron chi connectivity index (χ2n) is 6.27. The van der Waals surface area contributed by atoms with Gasteiger partial charge in [-0.2, -0.15) is 5.10 Å². The summed E-state index contributed by atoms with van der Waals surface area (Å²) in [4.78, 5) is 12.4. The van der Waals surface area contributed by atoms with Crippen molar-refractivity contribution in [2.24, 2.45) is 0 Å². The van der Waals surface area contributed by atoms with E-state index in [1.807, 2.05) is 30.3 Å². The molecule has 29 heavy (non-hydrogen) atoms. The first-order valence-electron chi connectivity index (χ1n) is 8.95. The van der Waals surface area contributed by atoms with Gasteiger partial charge in [-0.05, 0) is 42.0 Å². The maximum atomic E-state index is 12.3. The monoisotopic (exact) mass is 414 g/mol. The van der Waals surface area contributed by atoms with Gasteiger partial charge in [0.2, 0.25) is 15.9 Å². The summed E-state index contributed by atoms with van der Waals surface area (Å²) in [5.74, 6) is -0.216. The second kappa shape index (κ2) is 9.46. The minimum absolute atomic E-state index is 0.121. The molecule has 2 N–H and O–H groups in total. The molecule has 0 unspecified atom stereocenters. The van der Waals surface area contributed by atoms with Gasteiger partial charge in [0.15, 0.2) is 0 Å².